The molecule has 0 aliphatic carbocycles. The minimum absolute atomic E-state index is 0.0399. The lowest BCUT2D eigenvalue weighted by molar-refractivity contribution is -0.131. The molecule has 0 atom stereocenters. The summed E-state index contributed by atoms with van der Waals surface area (Å²) < 4.78 is 27.0. The van der Waals surface area contributed by atoms with Crippen LogP contribution < -0.4 is 10.2 Å². The molecule has 0 saturated carbocycles. The van der Waals surface area contributed by atoms with Gasteiger partial charge in [0.1, 0.15) is 4.21 Å². The summed E-state index contributed by atoms with van der Waals surface area (Å²) >= 11 is 1.15. The molecule has 2 aliphatic heterocycles. The molecule has 10 heteroatoms. The minimum atomic E-state index is -3.45. The van der Waals surface area contributed by atoms with Crippen molar-refractivity contribution in [1.82, 2.24) is 14.5 Å². The quantitative estimate of drug-likeness (QED) is 0.611. The monoisotopic (exact) mass is 490 g/mol. The van der Waals surface area contributed by atoms with Crippen LogP contribution in [-0.2, 0) is 26.0 Å². The highest BCUT2D eigenvalue weighted by molar-refractivity contribution is 7.91. The first kappa shape index (κ1) is 23.7. The standard InChI is InChI=1S/C23H30N4O4S2/c28-21(18-20-8-9-23(32-20)33(30,31)27-12-4-5-13-27)24-11-10-22(29)26-16-14-25(15-17-26)19-6-2-1-3-7-19/h1-3,6-9H,4-5,10-18H2,(H,24,28). The third-order valence-electron chi connectivity index (χ3n) is 6.05. The maximum atomic E-state index is 12.6. The molecular formula is C23H30N4O4S2. The number of amides is 2. The Morgan fingerprint density at radius 3 is 2.30 bits per heavy atom. The van der Waals surface area contributed by atoms with Gasteiger partial charge in [-0.1, -0.05) is 18.2 Å². The van der Waals surface area contributed by atoms with Crippen molar-refractivity contribution < 1.29 is 18.0 Å². The van der Waals surface area contributed by atoms with Crippen molar-refractivity contribution in [3.63, 3.8) is 0 Å². The Labute approximate surface area is 199 Å². The summed E-state index contributed by atoms with van der Waals surface area (Å²) in [7, 11) is -3.45. The van der Waals surface area contributed by atoms with E-state index in [1.54, 1.807) is 12.1 Å². The van der Waals surface area contributed by atoms with Crippen molar-refractivity contribution in [1.29, 1.82) is 0 Å². The highest BCUT2D eigenvalue weighted by Crippen LogP contribution is 2.27. The number of carbonyl (C=O) groups is 2. The van der Waals surface area contributed by atoms with E-state index in [-0.39, 0.29) is 35.4 Å². The van der Waals surface area contributed by atoms with Gasteiger partial charge < -0.3 is 15.1 Å². The first-order valence-electron chi connectivity index (χ1n) is 11.4. The van der Waals surface area contributed by atoms with Crippen molar-refractivity contribution in [3.8, 4) is 0 Å². The molecule has 2 aliphatic rings. The molecule has 178 valence electrons. The Balaban J connectivity index is 1.18. The first-order valence-corrected chi connectivity index (χ1v) is 13.6. The lowest BCUT2D eigenvalue weighted by Crippen LogP contribution is -2.49. The van der Waals surface area contributed by atoms with Crippen LogP contribution in [0.3, 0.4) is 0 Å². The van der Waals surface area contributed by atoms with Gasteiger partial charge in [0.25, 0.3) is 10.0 Å². The number of nitrogens with one attached hydrogen (secondary N) is 1. The van der Waals surface area contributed by atoms with Crippen LogP contribution in [-0.4, -0.2) is 75.3 Å². The molecule has 1 aromatic heterocycles. The zero-order chi connectivity index (χ0) is 23.3. The molecule has 8 nitrogen and oxygen atoms in total. The average Bonchev–Trinajstić information content (AvgIpc) is 3.53. The van der Waals surface area contributed by atoms with Gasteiger partial charge in [-0.2, -0.15) is 4.31 Å². The van der Waals surface area contributed by atoms with E-state index in [1.165, 1.54) is 9.99 Å². The first-order chi connectivity index (χ1) is 15.9. The largest absolute Gasteiger partial charge is 0.368 e. The summed E-state index contributed by atoms with van der Waals surface area (Å²) in [5.41, 5.74) is 1.17. The summed E-state index contributed by atoms with van der Waals surface area (Å²) in [5, 5.41) is 2.79. The van der Waals surface area contributed by atoms with Gasteiger partial charge >= 0.3 is 0 Å². The van der Waals surface area contributed by atoms with Crippen LogP contribution in [0.4, 0.5) is 5.69 Å². The second kappa shape index (κ2) is 10.7. The van der Waals surface area contributed by atoms with Gasteiger partial charge in [-0.25, -0.2) is 8.42 Å². The molecule has 2 amide bonds. The molecule has 0 radical (unpaired) electrons. The molecular weight excluding hydrogens is 460 g/mol. The summed E-state index contributed by atoms with van der Waals surface area (Å²) in [5.74, 6) is -0.165. The summed E-state index contributed by atoms with van der Waals surface area (Å²) in [6.45, 7) is 4.33. The van der Waals surface area contributed by atoms with Crippen molar-refractivity contribution in [2.45, 2.75) is 29.9 Å². The van der Waals surface area contributed by atoms with E-state index in [1.807, 2.05) is 23.1 Å². The van der Waals surface area contributed by atoms with Gasteiger partial charge in [-0.15, -0.1) is 11.3 Å². The van der Waals surface area contributed by atoms with E-state index >= 15 is 0 Å². The van der Waals surface area contributed by atoms with Crippen LogP contribution in [0.15, 0.2) is 46.7 Å². The van der Waals surface area contributed by atoms with Gasteiger partial charge in [-0.3, -0.25) is 9.59 Å². The van der Waals surface area contributed by atoms with E-state index in [2.05, 4.69) is 22.3 Å². The predicted molar refractivity (Wildman–Crippen MR) is 129 cm³/mol. The molecule has 0 spiro atoms. The molecule has 2 fully saturated rings. The second-order valence-corrected chi connectivity index (χ2v) is 11.6. The highest BCUT2D eigenvalue weighted by Gasteiger charge is 2.28. The molecule has 1 N–H and O–H groups in total. The number of rotatable bonds is 8. The number of para-hydroxylation sites is 1. The van der Waals surface area contributed by atoms with E-state index in [0.717, 1.165) is 37.3 Å². The molecule has 1 aromatic carbocycles. The molecule has 4 rings (SSSR count). The SMILES string of the molecule is O=C(Cc1ccc(S(=O)(=O)N2CCCC2)s1)NCCC(=O)N1CCN(c2ccccc2)CC1. The average molecular weight is 491 g/mol. The van der Waals surface area contributed by atoms with Crippen molar-refractivity contribution >= 4 is 38.9 Å². The number of thiophene rings is 1. The zero-order valence-electron chi connectivity index (χ0n) is 18.6. The van der Waals surface area contributed by atoms with Gasteiger partial charge in [0.2, 0.25) is 11.8 Å². The Bertz CT molecular complexity index is 1060. The highest BCUT2D eigenvalue weighted by atomic mass is 32.2. The van der Waals surface area contributed by atoms with Gasteiger partial charge in [0.15, 0.2) is 0 Å². The molecule has 2 saturated heterocycles. The number of hydrogen-bond acceptors (Lipinski definition) is 6. The Kier molecular flexibility index (Phi) is 7.67. The van der Waals surface area contributed by atoms with Crippen molar-refractivity contribution in [2.24, 2.45) is 0 Å². The normalized spacial score (nSPS) is 17.3. The Hall–Kier alpha value is -2.43. The summed E-state index contributed by atoms with van der Waals surface area (Å²) in [4.78, 5) is 29.6. The molecule has 0 unspecified atom stereocenters. The van der Waals surface area contributed by atoms with Gasteiger partial charge in [0.05, 0.1) is 6.42 Å². The third-order valence-corrected chi connectivity index (χ3v) is 9.50. The number of nitrogens with zero attached hydrogens (tertiary/aromatic N) is 3. The topological polar surface area (TPSA) is 90.0 Å². The van der Waals surface area contributed by atoms with Gasteiger partial charge in [-0.05, 0) is 37.1 Å². The smallest absolute Gasteiger partial charge is 0.252 e. The molecule has 0 bridgehead atoms. The van der Waals surface area contributed by atoms with Crippen LogP contribution in [0, 0.1) is 0 Å². The second-order valence-electron chi connectivity index (χ2n) is 8.31. The number of hydrogen-bond donors (Lipinski definition) is 1. The maximum Gasteiger partial charge on any atom is 0.252 e. The number of piperazine rings is 1. The van der Waals surface area contributed by atoms with Crippen LogP contribution in [0.2, 0.25) is 0 Å². The molecule has 2 aromatic rings. The van der Waals surface area contributed by atoms with E-state index < -0.39 is 10.0 Å². The summed E-state index contributed by atoms with van der Waals surface area (Å²) in [6.07, 6.45) is 2.16. The molecule has 3 heterocycles. The van der Waals surface area contributed by atoms with Crippen LogP contribution in [0.1, 0.15) is 24.1 Å². The Morgan fingerprint density at radius 2 is 1.61 bits per heavy atom. The summed E-state index contributed by atoms with van der Waals surface area (Å²) in [6, 6.07) is 13.4. The fourth-order valence-corrected chi connectivity index (χ4v) is 7.21. The number of anilines is 1. The van der Waals surface area contributed by atoms with Crippen LogP contribution in [0.25, 0.3) is 0 Å². The number of benzene rings is 1. The maximum absolute atomic E-state index is 12.6. The Morgan fingerprint density at radius 1 is 0.909 bits per heavy atom. The van der Waals surface area contributed by atoms with E-state index in [4.69, 9.17) is 0 Å². The zero-order valence-corrected chi connectivity index (χ0v) is 20.2. The fourth-order valence-electron chi connectivity index (χ4n) is 4.19. The van der Waals surface area contributed by atoms with E-state index in [9.17, 15) is 18.0 Å². The number of carbonyl (C=O) groups excluding carboxylic acids is 2. The predicted octanol–water partition coefficient (Wildman–Crippen LogP) is 1.93. The minimum Gasteiger partial charge on any atom is -0.368 e. The van der Waals surface area contributed by atoms with Crippen molar-refractivity contribution in [3.05, 3.63) is 47.3 Å². The van der Waals surface area contributed by atoms with E-state index in [0.29, 0.717) is 31.1 Å². The third kappa shape index (κ3) is 5.93. The van der Waals surface area contributed by atoms with Gasteiger partial charge in [0, 0.05) is 62.8 Å². The number of sulfonamides is 1. The van der Waals surface area contributed by atoms with Crippen LogP contribution >= 0.6 is 11.3 Å². The lowest BCUT2D eigenvalue weighted by atomic mass is 10.2. The van der Waals surface area contributed by atoms with Crippen molar-refractivity contribution in [2.75, 3.05) is 50.7 Å². The van der Waals surface area contributed by atoms with Crippen LogP contribution in [0.5, 0.6) is 0 Å². The lowest BCUT2D eigenvalue weighted by Gasteiger charge is -2.36. The fraction of sp³-hybridized carbons (Fsp3) is 0.478. The molecule has 33 heavy (non-hydrogen) atoms.